The van der Waals surface area contributed by atoms with Gasteiger partial charge in [0.25, 0.3) is 5.91 Å². The Morgan fingerprint density at radius 1 is 1.22 bits per heavy atom. The first-order chi connectivity index (χ1) is 13.0. The second-order valence-electron chi connectivity index (χ2n) is 6.26. The van der Waals surface area contributed by atoms with Crippen LogP contribution in [0.25, 0.3) is 0 Å². The van der Waals surface area contributed by atoms with Crippen molar-refractivity contribution < 1.29 is 28.6 Å². The maximum absolute atomic E-state index is 12.9. The molecule has 0 aliphatic carbocycles. The number of ether oxygens (including phenoxy) is 2. The van der Waals surface area contributed by atoms with Crippen LogP contribution in [-0.4, -0.2) is 66.7 Å². The van der Waals surface area contributed by atoms with Gasteiger partial charge in [0, 0.05) is 18.7 Å². The number of nitrogens with zero attached hydrogens (tertiary/aromatic N) is 2. The molecule has 1 N–H and O–H groups in total. The molecule has 1 aromatic heterocycles. The van der Waals surface area contributed by atoms with E-state index in [2.05, 4.69) is 0 Å². The summed E-state index contributed by atoms with van der Waals surface area (Å²) in [6.45, 7) is 0.328. The Balaban J connectivity index is 1.76. The van der Waals surface area contributed by atoms with E-state index in [4.69, 9.17) is 13.9 Å². The van der Waals surface area contributed by atoms with E-state index in [1.54, 1.807) is 30.3 Å². The molecule has 0 spiro atoms. The quantitative estimate of drug-likeness (QED) is 0.844. The Kier molecular flexibility index (Phi) is 5.66. The third-order valence-corrected chi connectivity index (χ3v) is 4.39. The van der Waals surface area contributed by atoms with Crippen molar-refractivity contribution in [3.63, 3.8) is 0 Å². The summed E-state index contributed by atoms with van der Waals surface area (Å²) in [4.78, 5) is 28.3. The van der Waals surface area contributed by atoms with Crippen molar-refractivity contribution in [1.82, 2.24) is 9.80 Å². The van der Waals surface area contributed by atoms with Gasteiger partial charge in [-0.05, 0) is 30.3 Å². The molecular formula is C19H22N2O6. The van der Waals surface area contributed by atoms with E-state index in [-0.39, 0.29) is 38.0 Å². The van der Waals surface area contributed by atoms with Crippen molar-refractivity contribution in [2.75, 3.05) is 33.9 Å². The molecule has 1 saturated heterocycles. The normalized spacial score (nSPS) is 17.6. The maximum atomic E-state index is 12.9. The van der Waals surface area contributed by atoms with E-state index in [1.165, 1.54) is 30.3 Å². The van der Waals surface area contributed by atoms with E-state index in [0.29, 0.717) is 22.8 Å². The lowest BCUT2D eigenvalue weighted by Crippen LogP contribution is -2.39. The van der Waals surface area contributed by atoms with Crippen molar-refractivity contribution in [2.24, 2.45) is 0 Å². The fourth-order valence-electron chi connectivity index (χ4n) is 3.05. The van der Waals surface area contributed by atoms with E-state index < -0.39 is 6.10 Å². The van der Waals surface area contributed by atoms with Crippen LogP contribution < -0.4 is 9.47 Å². The highest BCUT2D eigenvalue weighted by Gasteiger charge is 2.30. The minimum absolute atomic E-state index is 0.0631. The first kappa shape index (κ1) is 18.8. The molecule has 3 rings (SSSR count). The summed E-state index contributed by atoms with van der Waals surface area (Å²) in [6.07, 6.45) is 0.677. The van der Waals surface area contributed by atoms with Crippen LogP contribution in [0.2, 0.25) is 0 Å². The lowest BCUT2D eigenvalue weighted by molar-refractivity contribution is -0.132. The van der Waals surface area contributed by atoms with Gasteiger partial charge < -0.3 is 28.8 Å². The zero-order chi connectivity index (χ0) is 19.4. The summed E-state index contributed by atoms with van der Waals surface area (Å²) in [5.74, 6) is 0.935. The summed E-state index contributed by atoms with van der Waals surface area (Å²) < 4.78 is 15.7. The van der Waals surface area contributed by atoms with E-state index in [1.807, 2.05) is 0 Å². The number of rotatable bonds is 5. The minimum Gasteiger partial charge on any atom is -0.493 e. The van der Waals surface area contributed by atoms with Gasteiger partial charge in [-0.15, -0.1) is 0 Å². The van der Waals surface area contributed by atoms with Gasteiger partial charge in [-0.2, -0.15) is 0 Å². The van der Waals surface area contributed by atoms with E-state index in [9.17, 15) is 14.7 Å². The molecule has 1 unspecified atom stereocenters. The molecule has 0 radical (unpaired) electrons. The van der Waals surface area contributed by atoms with Gasteiger partial charge in [-0.3, -0.25) is 9.59 Å². The third-order valence-electron chi connectivity index (χ3n) is 4.39. The van der Waals surface area contributed by atoms with Gasteiger partial charge in [0.1, 0.15) is 12.3 Å². The average Bonchev–Trinajstić information content (AvgIpc) is 3.13. The largest absolute Gasteiger partial charge is 0.493 e. The van der Waals surface area contributed by atoms with Gasteiger partial charge in [0.2, 0.25) is 5.91 Å². The highest BCUT2D eigenvalue weighted by Crippen LogP contribution is 2.28. The Morgan fingerprint density at radius 2 is 2.00 bits per heavy atom. The number of methoxy groups -OCH3 is 2. The van der Waals surface area contributed by atoms with Crippen molar-refractivity contribution >= 4 is 11.8 Å². The number of carbonyl (C=O) groups is 2. The van der Waals surface area contributed by atoms with Crippen LogP contribution in [-0.2, 0) is 11.3 Å². The number of hydrogen-bond donors (Lipinski definition) is 1. The number of β-amino-alcohol motifs (C(OH)–C–C–N with tert-alkyl or cyclic N) is 1. The molecule has 8 nitrogen and oxygen atoms in total. The predicted octanol–water partition coefficient (Wildman–Crippen LogP) is 1.14. The molecule has 1 atom stereocenters. The fraction of sp³-hybridized carbons (Fsp3) is 0.368. The summed E-state index contributed by atoms with van der Waals surface area (Å²) in [5.41, 5.74) is 0.354. The number of furan rings is 1. The molecular weight excluding hydrogens is 352 g/mol. The maximum Gasteiger partial charge on any atom is 0.254 e. The Labute approximate surface area is 156 Å². The molecule has 2 heterocycles. The standard InChI is InChI=1S/C19H22N2O6/c1-25-16-6-5-13(8-17(16)26-2)19(24)21-10-14(22)9-20(18(23)12-21)11-15-4-3-7-27-15/h3-8,14,22H,9-12H2,1-2H3. The van der Waals surface area contributed by atoms with E-state index >= 15 is 0 Å². The van der Waals surface area contributed by atoms with Crippen molar-refractivity contribution in [3.8, 4) is 11.5 Å². The summed E-state index contributed by atoms with van der Waals surface area (Å²) in [5, 5.41) is 10.3. The van der Waals surface area contributed by atoms with Crippen LogP contribution in [0.15, 0.2) is 41.0 Å². The topological polar surface area (TPSA) is 92.5 Å². The highest BCUT2D eigenvalue weighted by molar-refractivity contribution is 5.97. The Morgan fingerprint density at radius 3 is 2.67 bits per heavy atom. The van der Waals surface area contributed by atoms with Crippen LogP contribution >= 0.6 is 0 Å². The SMILES string of the molecule is COc1ccc(C(=O)N2CC(=O)N(Cc3ccco3)CC(O)C2)cc1OC. The average molecular weight is 374 g/mol. The van der Waals surface area contributed by atoms with E-state index in [0.717, 1.165) is 0 Å². The van der Waals surface area contributed by atoms with Crippen molar-refractivity contribution in [1.29, 1.82) is 0 Å². The van der Waals surface area contributed by atoms with Crippen LogP contribution in [0.5, 0.6) is 11.5 Å². The summed E-state index contributed by atoms with van der Waals surface area (Å²) >= 11 is 0. The number of aliphatic hydroxyl groups excluding tert-OH is 1. The van der Waals surface area contributed by atoms with Crippen molar-refractivity contribution in [2.45, 2.75) is 12.6 Å². The van der Waals surface area contributed by atoms with Gasteiger partial charge in [-0.1, -0.05) is 0 Å². The lowest BCUT2D eigenvalue weighted by atomic mass is 10.1. The molecule has 144 valence electrons. The first-order valence-corrected chi connectivity index (χ1v) is 8.51. The molecule has 1 aromatic carbocycles. The van der Waals surface area contributed by atoms with Crippen LogP contribution in [0, 0.1) is 0 Å². The molecule has 1 aliphatic rings. The third kappa shape index (κ3) is 4.22. The van der Waals surface area contributed by atoms with Gasteiger partial charge >= 0.3 is 0 Å². The molecule has 2 amide bonds. The molecule has 2 aromatic rings. The summed E-state index contributed by atoms with van der Waals surface area (Å²) in [6, 6.07) is 8.29. The van der Waals surface area contributed by atoms with Gasteiger partial charge in [0.15, 0.2) is 11.5 Å². The molecule has 0 saturated carbocycles. The van der Waals surface area contributed by atoms with Crippen molar-refractivity contribution in [3.05, 3.63) is 47.9 Å². The van der Waals surface area contributed by atoms with Gasteiger partial charge in [-0.25, -0.2) is 0 Å². The highest BCUT2D eigenvalue weighted by atomic mass is 16.5. The Bertz CT molecular complexity index is 805. The van der Waals surface area contributed by atoms with Crippen LogP contribution in [0.1, 0.15) is 16.1 Å². The number of benzene rings is 1. The lowest BCUT2D eigenvalue weighted by Gasteiger charge is -2.21. The molecule has 0 bridgehead atoms. The second-order valence-corrected chi connectivity index (χ2v) is 6.26. The molecule has 1 aliphatic heterocycles. The fourth-order valence-corrected chi connectivity index (χ4v) is 3.05. The minimum atomic E-state index is -0.851. The summed E-state index contributed by atoms with van der Waals surface area (Å²) in [7, 11) is 2.99. The monoisotopic (exact) mass is 374 g/mol. The Hall–Kier alpha value is -3.00. The number of amides is 2. The van der Waals surface area contributed by atoms with Crippen LogP contribution in [0.4, 0.5) is 0 Å². The number of hydrogen-bond acceptors (Lipinski definition) is 6. The number of aliphatic hydroxyl groups is 1. The zero-order valence-electron chi connectivity index (χ0n) is 15.3. The molecule has 1 fully saturated rings. The van der Waals surface area contributed by atoms with Crippen LogP contribution in [0.3, 0.4) is 0 Å². The number of carbonyl (C=O) groups excluding carboxylic acids is 2. The zero-order valence-corrected chi connectivity index (χ0v) is 15.3. The first-order valence-electron chi connectivity index (χ1n) is 8.51. The smallest absolute Gasteiger partial charge is 0.254 e. The molecule has 27 heavy (non-hydrogen) atoms. The molecule has 8 heteroatoms. The predicted molar refractivity (Wildman–Crippen MR) is 95.6 cm³/mol. The van der Waals surface area contributed by atoms with Gasteiger partial charge in [0.05, 0.1) is 33.1 Å². The second kappa shape index (κ2) is 8.13.